The summed E-state index contributed by atoms with van der Waals surface area (Å²) in [4.78, 5) is 0. The Bertz CT molecular complexity index is 135. The van der Waals surface area contributed by atoms with Crippen molar-refractivity contribution in [2.24, 2.45) is 11.8 Å². The summed E-state index contributed by atoms with van der Waals surface area (Å²) in [5.41, 5.74) is 0. The fraction of sp³-hybridized carbons (Fsp3) is 1.00. The third-order valence-electron chi connectivity index (χ3n) is 3.37. The maximum atomic E-state index is 9.05. The molecular weight excluding hydrogens is 198 g/mol. The van der Waals surface area contributed by atoms with Gasteiger partial charge < -0.3 is 10.4 Å². The summed E-state index contributed by atoms with van der Waals surface area (Å²) in [5, 5.41) is 12.4. The van der Waals surface area contributed by atoms with E-state index in [4.69, 9.17) is 5.11 Å². The van der Waals surface area contributed by atoms with Crippen LogP contribution < -0.4 is 5.32 Å². The van der Waals surface area contributed by atoms with Crippen LogP contribution in [0.2, 0.25) is 0 Å². The topological polar surface area (TPSA) is 32.3 Å². The second kappa shape index (κ2) is 11.4. The van der Waals surface area contributed by atoms with Crippen LogP contribution in [0.5, 0.6) is 0 Å². The van der Waals surface area contributed by atoms with Crippen molar-refractivity contribution < 1.29 is 5.11 Å². The number of rotatable bonds is 5. The van der Waals surface area contributed by atoms with E-state index in [2.05, 4.69) is 26.1 Å². The van der Waals surface area contributed by atoms with E-state index in [1.54, 1.807) is 0 Å². The van der Waals surface area contributed by atoms with Gasteiger partial charge in [-0.1, -0.05) is 52.9 Å². The Morgan fingerprint density at radius 1 is 1.06 bits per heavy atom. The predicted octanol–water partition coefficient (Wildman–Crippen LogP) is 3.20. The van der Waals surface area contributed by atoms with Crippen LogP contribution >= 0.6 is 0 Å². The fourth-order valence-corrected chi connectivity index (χ4v) is 2.30. The molecule has 1 fully saturated rings. The minimum atomic E-state index is 0.359. The van der Waals surface area contributed by atoms with Gasteiger partial charge in [-0.25, -0.2) is 0 Å². The Morgan fingerprint density at radius 3 is 2.19 bits per heavy atom. The van der Waals surface area contributed by atoms with Gasteiger partial charge in [-0.05, 0) is 24.8 Å². The van der Waals surface area contributed by atoms with E-state index in [-0.39, 0.29) is 0 Å². The van der Waals surface area contributed by atoms with Gasteiger partial charge in [0.05, 0.1) is 0 Å². The van der Waals surface area contributed by atoms with Crippen LogP contribution in [-0.4, -0.2) is 24.8 Å². The first-order chi connectivity index (χ1) is 7.79. The average molecular weight is 229 g/mol. The lowest BCUT2D eigenvalue weighted by atomic mass is 9.84. The smallest absolute Gasteiger partial charge is 0.0474 e. The molecule has 0 saturated carbocycles. The molecule has 2 heteroatoms. The zero-order chi connectivity index (χ0) is 12.2. The summed E-state index contributed by atoms with van der Waals surface area (Å²) < 4.78 is 0. The molecule has 0 aromatic heterocycles. The van der Waals surface area contributed by atoms with Crippen LogP contribution in [0.3, 0.4) is 0 Å². The van der Waals surface area contributed by atoms with Gasteiger partial charge in [0.1, 0.15) is 0 Å². The maximum absolute atomic E-state index is 9.05. The lowest BCUT2D eigenvalue weighted by Gasteiger charge is -2.30. The number of hydrogen-bond acceptors (Lipinski definition) is 2. The molecule has 16 heavy (non-hydrogen) atoms. The summed E-state index contributed by atoms with van der Waals surface area (Å²) in [7, 11) is 0. The SMILES string of the molecule is CCCC1CCNCC1CO.CCCCC. The largest absolute Gasteiger partial charge is 0.396 e. The van der Waals surface area contributed by atoms with Crippen LogP contribution in [-0.2, 0) is 0 Å². The monoisotopic (exact) mass is 229 g/mol. The van der Waals surface area contributed by atoms with Crippen LogP contribution in [0.25, 0.3) is 0 Å². The summed E-state index contributed by atoms with van der Waals surface area (Å²) in [6.07, 6.45) is 7.86. The first-order valence-corrected chi connectivity index (χ1v) is 7.11. The van der Waals surface area contributed by atoms with Crippen LogP contribution in [0, 0.1) is 11.8 Å². The lowest BCUT2D eigenvalue weighted by molar-refractivity contribution is 0.139. The molecule has 1 saturated heterocycles. The highest BCUT2D eigenvalue weighted by atomic mass is 16.3. The molecule has 1 aliphatic heterocycles. The van der Waals surface area contributed by atoms with Crippen molar-refractivity contribution in [3.8, 4) is 0 Å². The molecule has 0 bridgehead atoms. The van der Waals surface area contributed by atoms with Crippen molar-refractivity contribution in [2.75, 3.05) is 19.7 Å². The molecule has 0 aromatic carbocycles. The molecule has 0 amide bonds. The van der Waals surface area contributed by atoms with Crippen molar-refractivity contribution >= 4 is 0 Å². The predicted molar refractivity (Wildman–Crippen MR) is 71.7 cm³/mol. The van der Waals surface area contributed by atoms with Gasteiger partial charge in [-0.2, -0.15) is 0 Å². The summed E-state index contributed by atoms with van der Waals surface area (Å²) >= 11 is 0. The molecule has 0 spiro atoms. The number of piperidine rings is 1. The molecule has 1 rings (SSSR count). The summed E-state index contributed by atoms with van der Waals surface area (Å²) in [6, 6.07) is 0. The van der Waals surface area contributed by atoms with E-state index in [1.165, 1.54) is 38.5 Å². The minimum Gasteiger partial charge on any atom is -0.396 e. The molecule has 1 heterocycles. The zero-order valence-electron chi connectivity index (χ0n) is 11.5. The number of unbranched alkanes of at least 4 members (excludes halogenated alkanes) is 2. The second-order valence-corrected chi connectivity index (χ2v) is 4.84. The normalized spacial score (nSPS) is 24.8. The molecule has 0 aromatic rings. The highest BCUT2D eigenvalue weighted by molar-refractivity contribution is 4.76. The molecule has 2 unspecified atom stereocenters. The van der Waals surface area contributed by atoms with Crippen molar-refractivity contribution in [2.45, 2.75) is 59.3 Å². The third kappa shape index (κ3) is 7.24. The van der Waals surface area contributed by atoms with Crippen molar-refractivity contribution in [3.63, 3.8) is 0 Å². The van der Waals surface area contributed by atoms with E-state index in [9.17, 15) is 0 Å². The summed E-state index contributed by atoms with van der Waals surface area (Å²) in [6.45, 7) is 9.16. The highest BCUT2D eigenvalue weighted by Gasteiger charge is 2.22. The van der Waals surface area contributed by atoms with E-state index in [0.29, 0.717) is 12.5 Å². The maximum Gasteiger partial charge on any atom is 0.0474 e. The quantitative estimate of drug-likeness (QED) is 0.759. The molecular formula is C14H31NO. The van der Waals surface area contributed by atoms with Gasteiger partial charge in [-0.3, -0.25) is 0 Å². The van der Waals surface area contributed by atoms with E-state index >= 15 is 0 Å². The molecule has 2 atom stereocenters. The van der Waals surface area contributed by atoms with Crippen LogP contribution in [0.4, 0.5) is 0 Å². The van der Waals surface area contributed by atoms with Gasteiger partial charge in [0.2, 0.25) is 0 Å². The Balaban J connectivity index is 0.000000385. The van der Waals surface area contributed by atoms with Gasteiger partial charge in [0, 0.05) is 13.2 Å². The summed E-state index contributed by atoms with van der Waals surface area (Å²) in [5.74, 6) is 1.29. The lowest BCUT2D eigenvalue weighted by Crippen LogP contribution is -2.38. The molecule has 0 radical (unpaired) electrons. The fourth-order valence-electron chi connectivity index (χ4n) is 2.30. The van der Waals surface area contributed by atoms with Crippen molar-refractivity contribution in [1.82, 2.24) is 5.32 Å². The number of aliphatic hydroxyl groups is 1. The Kier molecular flexibility index (Phi) is 11.3. The molecule has 2 nitrogen and oxygen atoms in total. The van der Waals surface area contributed by atoms with Crippen LogP contribution in [0.1, 0.15) is 59.3 Å². The molecule has 1 aliphatic rings. The first-order valence-electron chi connectivity index (χ1n) is 7.11. The van der Waals surface area contributed by atoms with Gasteiger partial charge in [-0.15, -0.1) is 0 Å². The van der Waals surface area contributed by atoms with Gasteiger partial charge in [0.25, 0.3) is 0 Å². The zero-order valence-corrected chi connectivity index (χ0v) is 11.5. The second-order valence-electron chi connectivity index (χ2n) is 4.84. The number of hydrogen-bond donors (Lipinski definition) is 2. The van der Waals surface area contributed by atoms with Gasteiger partial charge in [0.15, 0.2) is 0 Å². The molecule has 0 aliphatic carbocycles. The molecule has 2 N–H and O–H groups in total. The number of nitrogens with one attached hydrogen (secondary N) is 1. The van der Waals surface area contributed by atoms with Crippen LogP contribution in [0.15, 0.2) is 0 Å². The highest BCUT2D eigenvalue weighted by Crippen LogP contribution is 2.23. The van der Waals surface area contributed by atoms with E-state index in [0.717, 1.165) is 19.0 Å². The van der Waals surface area contributed by atoms with Crippen molar-refractivity contribution in [3.05, 3.63) is 0 Å². The van der Waals surface area contributed by atoms with E-state index in [1.807, 2.05) is 0 Å². The Morgan fingerprint density at radius 2 is 1.75 bits per heavy atom. The van der Waals surface area contributed by atoms with Gasteiger partial charge >= 0.3 is 0 Å². The average Bonchev–Trinajstić information content (AvgIpc) is 2.32. The standard InChI is InChI=1S/C9H19NO.C5H12/c1-2-3-8-4-5-10-6-9(8)7-11;1-3-5-4-2/h8-11H,2-7H2,1H3;3-5H2,1-2H3. The van der Waals surface area contributed by atoms with E-state index < -0.39 is 0 Å². The third-order valence-corrected chi connectivity index (χ3v) is 3.37. The molecule has 98 valence electrons. The first kappa shape index (κ1) is 15.9. The minimum absolute atomic E-state index is 0.359. The van der Waals surface area contributed by atoms with Crippen molar-refractivity contribution in [1.29, 1.82) is 0 Å². The Hall–Kier alpha value is -0.0800. The number of aliphatic hydroxyl groups excluding tert-OH is 1. The Labute approximate surface area is 102 Å².